The maximum Gasteiger partial charge on any atom is 0.0630 e. The third-order valence-electron chi connectivity index (χ3n) is 3.04. The number of nitrogens with zero attached hydrogens (tertiary/aromatic N) is 2. The average Bonchev–Trinajstić information content (AvgIpc) is 2.01. The number of hydrogen-bond acceptors (Lipinski definition) is 3. The molecule has 1 fully saturated rings. The van der Waals surface area contributed by atoms with Crippen LogP contribution < -0.4 is 5.73 Å². The Morgan fingerprint density at radius 1 is 0.786 bits per heavy atom. The molecule has 0 amide bonds. The van der Waals surface area contributed by atoms with Gasteiger partial charge < -0.3 is 5.73 Å². The molecule has 1 aliphatic heterocycles. The van der Waals surface area contributed by atoms with Crippen molar-refractivity contribution < 1.29 is 0 Å². The Labute approximate surface area is 88.2 Å². The fraction of sp³-hybridized carbons (Fsp3) is 1.00. The quantitative estimate of drug-likeness (QED) is 0.686. The normalized spacial score (nSPS) is 22.7. The first kappa shape index (κ1) is 12.0. The van der Waals surface area contributed by atoms with Crippen LogP contribution in [-0.2, 0) is 0 Å². The van der Waals surface area contributed by atoms with Gasteiger partial charge in [-0.2, -0.15) is 0 Å². The Morgan fingerprint density at radius 3 is 1.43 bits per heavy atom. The van der Waals surface area contributed by atoms with Crippen molar-refractivity contribution in [3.8, 4) is 0 Å². The van der Waals surface area contributed by atoms with Crippen LogP contribution in [0.25, 0.3) is 0 Å². The van der Waals surface area contributed by atoms with Crippen LogP contribution in [0.5, 0.6) is 0 Å². The van der Waals surface area contributed by atoms with Crippen LogP contribution in [-0.4, -0.2) is 47.2 Å². The second-order valence-corrected chi connectivity index (χ2v) is 5.80. The largest absolute Gasteiger partial charge is 0.314 e. The zero-order valence-electron chi connectivity index (χ0n) is 10.3. The molecule has 0 aromatic rings. The molecule has 0 aromatic heterocycles. The summed E-state index contributed by atoms with van der Waals surface area (Å²) in [6.07, 6.45) is 0. The molecule has 2 N–H and O–H groups in total. The smallest absolute Gasteiger partial charge is 0.0630 e. The maximum absolute atomic E-state index is 6.07. The number of piperazine rings is 1. The standard InChI is InChI=1S/C11H25N3/c1-10(2,3)13-6-8-14(9-7-13)11(4,5)12/h6-9,12H2,1-5H3. The van der Waals surface area contributed by atoms with Crippen LogP contribution in [0.4, 0.5) is 0 Å². The third-order valence-corrected chi connectivity index (χ3v) is 3.04. The van der Waals surface area contributed by atoms with Gasteiger partial charge in [0.25, 0.3) is 0 Å². The third kappa shape index (κ3) is 2.94. The lowest BCUT2D eigenvalue weighted by molar-refractivity contribution is 0.0168. The summed E-state index contributed by atoms with van der Waals surface area (Å²) >= 11 is 0. The van der Waals surface area contributed by atoms with Crippen molar-refractivity contribution in [3.63, 3.8) is 0 Å². The molecule has 1 aliphatic rings. The Morgan fingerprint density at radius 2 is 1.14 bits per heavy atom. The van der Waals surface area contributed by atoms with E-state index in [2.05, 4.69) is 44.4 Å². The Balaban J connectivity index is 2.47. The van der Waals surface area contributed by atoms with E-state index in [1.165, 1.54) is 0 Å². The van der Waals surface area contributed by atoms with E-state index in [-0.39, 0.29) is 5.66 Å². The van der Waals surface area contributed by atoms with E-state index in [1.807, 2.05) is 0 Å². The van der Waals surface area contributed by atoms with Gasteiger partial charge in [0, 0.05) is 31.7 Å². The summed E-state index contributed by atoms with van der Waals surface area (Å²) in [6.45, 7) is 15.4. The second-order valence-electron chi connectivity index (χ2n) is 5.80. The number of hydrogen-bond donors (Lipinski definition) is 1. The van der Waals surface area contributed by atoms with Crippen molar-refractivity contribution in [2.45, 2.75) is 45.8 Å². The van der Waals surface area contributed by atoms with Gasteiger partial charge in [-0.1, -0.05) is 0 Å². The van der Waals surface area contributed by atoms with Crippen LogP contribution >= 0.6 is 0 Å². The molecule has 1 saturated heterocycles. The lowest BCUT2D eigenvalue weighted by atomic mass is 10.0. The van der Waals surface area contributed by atoms with Gasteiger partial charge in [-0.3, -0.25) is 9.80 Å². The minimum atomic E-state index is -0.163. The van der Waals surface area contributed by atoms with Gasteiger partial charge in [0.15, 0.2) is 0 Å². The van der Waals surface area contributed by atoms with E-state index < -0.39 is 0 Å². The Kier molecular flexibility index (Phi) is 3.24. The molecule has 3 heteroatoms. The van der Waals surface area contributed by atoms with Crippen molar-refractivity contribution >= 4 is 0 Å². The average molecular weight is 199 g/mol. The number of rotatable bonds is 1. The van der Waals surface area contributed by atoms with E-state index >= 15 is 0 Å². The highest BCUT2D eigenvalue weighted by Gasteiger charge is 2.30. The summed E-state index contributed by atoms with van der Waals surface area (Å²) in [5, 5.41) is 0. The zero-order valence-corrected chi connectivity index (χ0v) is 10.3. The number of nitrogens with two attached hydrogens (primary N) is 1. The van der Waals surface area contributed by atoms with Crippen LogP contribution in [0, 0.1) is 0 Å². The maximum atomic E-state index is 6.07. The van der Waals surface area contributed by atoms with E-state index in [0.29, 0.717) is 5.54 Å². The molecule has 1 heterocycles. The molecule has 14 heavy (non-hydrogen) atoms. The monoisotopic (exact) mass is 199 g/mol. The molecule has 0 bridgehead atoms. The molecular formula is C11H25N3. The predicted octanol–water partition coefficient (Wildman–Crippen LogP) is 1.10. The highest BCUT2D eigenvalue weighted by atomic mass is 15.3. The summed E-state index contributed by atoms with van der Waals surface area (Å²) in [5.41, 5.74) is 6.21. The highest BCUT2D eigenvalue weighted by molar-refractivity contribution is 4.85. The minimum Gasteiger partial charge on any atom is -0.314 e. The van der Waals surface area contributed by atoms with Gasteiger partial charge in [0.1, 0.15) is 0 Å². The van der Waals surface area contributed by atoms with E-state index in [9.17, 15) is 0 Å². The summed E-state index contributed by atoms with van der Waals surface area (Å²) in [4.78, 5) is 4.88. The SMILES string of the molecule is CC(C)(C)N1CCN(C(C)(C)N)CC1. The van der Waals surface area contributed by atoms with Gasteiger partial charge in [-0.05, 0) is 34.6 Å². The molecule has 0 aromatic carbocycles. The van der Waals surface area contributed by atoms with E-state index in [0.717, 1.165) is 26.2 Å². The van der Waals surface area contributed by atoms with Gasteiger partial charge in [0.2, 0.25) is 0 Å². The fourth-order valence-electron chi connectivity index (χ4n) is 1.95. The summed E-state index contributed by atoms with van der Waals surface area (Å²) < 4.78 is 0. The Bertz CT molecular complexity index is 158. The lowest BCUT2D eigenvalue weighted by Gasteiger charge is -2.46. The van der Waals surface area contributed by atoms with Crippen molar-refractivity contribution in [1.82, 2.24) is 9.80 Å². The molecule has 0 spiro atoms. The van der Waals surface area contributed by atoms with Gasteiger partial charge in [0.05, 0.1) is 5.66 Å². The van der Waals surface area contributed by atoms with Crippen LogP contribution in [0.3, 0.4) is 0 Å². The van der Waals surface area contributed by atoms with Crippen LogP contribution in [0.15, 0.2) is 0 Å². The second kappa shape index (κ2) is 3.80. The van der Waals surface area contributed by atoms with Crippen molar-refractivity contribution in [2.24, 2.45) is 5.73 Å². The van der Waals surface area contributed by atoms with Crippen LogP contribution in [0.1, 0.15) is 34.6 Å². The summed E-state index contributed by atoms with van der Waals surface area (Å²) in [7, 11) is 0. The molecule has 0 aliphatic carbocycles. The predicted molar refractivity (Wildman–Crippen MR) is 61.2 cm³/mol. The molecule has 0 unspecified atom stereocenters. The Hall–Kier alpha value is -0.120. The first-order valence-electron chi connectivity index (χ1n) is 5.50. The van der Waals surface area contributed by atoms with Crippen molar-refractivity contribution in [2.75, 3.05) is 26.2 Å². The van der Waals surface area contributed by atoms with E-state index in [1.54, 1.807) is 0 Å². The molecule has 84 valence electrons. The van der Waals surface area contributed by atoms with Gasteiger partial charge >= 0.3 is 0 Å². The highest BCUT2D eigenvalue weighted by Crippen LogP contribution is 2.18. The summed E-state index contributed by atoms with van der Waals surface area (Å²) in [5.74, 6) is 0. The topological polar surface area (TPSA) is 32.5 Å². The van der Waals surface area contributed by atoms with Crippen molar-refractivity contribution in [1.29, 1.82) is 0 Å². The molecule has 1 rings (SSSR count). The molecule has 0 saturated carbocycles. The van der Waals surface area contributed by atoms with Crippen molar-refractivity contribution in [3.05, 3.63) is 0 Å². The molecular weight excluding hydrogens is 174 g/mol. The van der Waals surface area contributed by atoms with Gasteiger partial charge in [-0.15, -0.1) is 0 Å². The fourth-order valence-corrected chi connectivity index (χ4v) is 1.95. The first-order valence-corrected chi connectivity index (χ1v) is 5.50. The minimum absolute atomic E-state index is 0.163. The summed E-state index contributed by atoms with van der Waals surface area (Å²) in [6, 6.07) is 0. The molecule has 3 nitrogen and oxygen atoms in total. The molecule has 0 atom stereocenters. The van der Waals surface area contributed by atoms with E-state index in [4.69, 9.17) is 5.73 Å². The van der Waals surface area contributed by atoms with Gasteiger partial charge in [-0.25, -0.2) is 0 Å². The van der Waals surface area contributed by atoms with Crippen LogP contribution in [0.2, 0.25) is 0 Å². The molecule has 0 radical (unpaired) electrons. The first-order chi connectivity index (χ1) is 6.21. The zero-order chi connectivity index (χ0) is 11.0. The lowest BCUT2D eigenvalue weighted by Crippen LogP contribution is -2.61.